The standard InChI is InChI=1S/C10H7N3O4S/c14-6-11-10-12-7(5-18-10)1-2-8-3-4-9(17-8)13(15)16/h1-6H,(H,11,12,14). The van der Waals surface area contributed by atoms with Gasteiger partial charge in [-0.2, -0.15) is 0 Å². The van der Waals surface area contributed by atoms with Gasteiger partial charge in [-0.25, -0.2) is 4.98 Å². The summed E-state index contributed by atoms with van der Waals surface area (Å²) in [6.45, 7) is 0. The van der Waals surface area contributed by atoms with E-state index in [0.29, 0.717) is 23.0 Å². The lowest BCUT2D eigenvalue weighted by Crippen LogP contribution is -1.91. The molecule has 0 aromatic carbocycles. The summed E-state index contributed by atoms with van der Waals surface area (Å²) in [5.74, 6) is 0.0517. The monoisotopic (exact) mass is 265 g/mol. The van der Waals surface area contributed by atoms with Crippen molar-refractivity contribution < 1.29 is 14.1 Å². The smallest absolute Gasteiger partial charge is 0.401 e. The number of amides is 1. The molecule has 0 saturated carbocycles. The molecule has 8 heteroatoms. The molecule has 2 aromatic rings. The van der Waals surface area contributed by atoms with Crippen LogP contribution in [0.5, 0.6) is 0 Å². The number of carbonyl (C=O) groups is 1. The Labute approximate surface area is 105 Å². The minimum absolute atomic E-state index is 0.309. The van der Waals surface area contributed by atoms with Gasteiger partial charge in [-0.15, -0.1) is 11.3 Å². The first kappa shape index (κ1) is 12.0. The Morgan fingerprint density at radius 1 is 1.44 bits per heavy atom. The van der Waals surface area contributed by atoms with Crippen molar-refractivity contribution >= 4 is 40.9 Å². The Hall–Kier alpha value is -2.48. The number of hydrogen-bond acceptors (Lipinski definition) is 6. The zero-order valence-electron chi connectivity index (χ0n) is 8.90. The summed E-state index contributed by atoms with van der Waals surface area (Å²) in [6, 6.07) is 2.77. The molecule has 2 rings (SSSR count). The number of carbonyl (C=O) groups excluding carboxylic acids is 1. The number of anilines is 1. The van der Waals surface area contributed by atoms with Crippen molar-refractivity contribution in [3.8, 4) is 0 Å². The summed E-state index contributed by atoms with van der Waals surface area (Å²) in [5, 5.41) is 15.0. The van der Waals surface area contributed by atoms with Crippen molar-refractivity contribution in [2.24, 2.45) is 0 Å². The van der Waals surface area contributed by atoms with Crippen LogP contribution in [0.4, 0.5) is 11.0 Å². The molecule has 0 aliphatic rings. The molecule has 0 unspecified atom stereocenters. The van der Waals surface area contributed by atoms with Crippen LogP contribution in [0, 0.1) is 10.1 Å². The van der Waals surface area contributed by atoms with E-state index < -0.39 is 4.92 Å². The molecule has 0 radical (unpaired) electrons. The third-order valence-corrected chi connectivity index (χ3v) is 2.71. The Morgan fingerprint density at radius 2 is 2.28 bits per heavy atom. The highest BCUT2D eigenvalue weighted by Crippen LogP contribution is 2.19. The van der Waals surface area contributed by atoms with Crippen LogP contribution in [0.3, 0.4) is 0 Å². The number of nitrogens with zero attached hydrogens (tertiary/aromatic N) is 2. The molecule has 18 heavy (non-hydrogen) atoms. The fraction of sp³-hybridized carbons (Fsp3) is 0. The second kappa shape index (κ2) is 5.23. The number of rotatable bonds is 5. The zero-order valence-corrected chi connectivity index (χ0v) is 9.72. The van der Waals surface area contributed by atoms with Gasteiger partial charge >= 0.3 is 5.88 Å². The normalized spacial score (nSPS) is 10.7. The van der Waals surface area contributed by atoms with E-state index in [1.807, 2.05) is 0 Å². The van der Waals surface area contributed by atoms with Crippen LogP contribution in [-0.4, -0.2) is 16.3 Å². The van der Waals surface area contributed by atoms with Crippen LogP contribution in [0.15, 0.2) is 21.9 Å². The number of hydrogen-bond donors (Lipinski definition) is 1. The zero-order chi connectivity index (χ0) is 13.0. The van der Waals surface area contributed by atoms with Crippen LogP contribution in [0.2, 0.25) is 0 Å². The van der Waals surface area contributed by atoms with Crippen molar-refractivity contribution in [3.05, 3.63) is 39.1 Å². The molecule has 0 fully saturated rings. The molecular weight excluding hydrogens is 258 g/mol. The van der Waals surface area contributed by atoms with Gasteiger partial charge in [-0.1, -0.05) is 0 Å². The van der Waals surface area contributed by atoms with E-state index in [9.17, 15) is 14.9 Å². The maximum Gasteiger partial charge on any atom is 0.433 e. The van der Waals surface area contributed by atoms with E-state index >= 15 is 0 Å². The first-order chi connectivity index (χ1) is 8.69. The van der Waals surface area contributed by atoms with Crippen molar-refractivity contribution in [1.82, 2.24) is 4.98 Å². The number of nitro groups is 1. The minimum Gasteiger partial charge on any atom is -0.401 e. The van der Waals surface area contributed by atoms with E-state index in [4.69, 9.17) is 4.42 Å². The summed E-state index contributed by atoms with van der Waals surface area (Å²) in [4.78, 5) is 24.1. The summed E-state index contributed by atoms with van der Waals surface area (Å²) in [5.41, 5.74) is 0.628. The topological polar surface area (TPSA) is 98.3 Å². The number of thiazole rings is 1. The summed E-state index contributed by atoms with van der Waals surface area (Å²) < 4.78 is 4.94. The van der Waals surface area contributed by atoms with Gasteiger partial charge in [0, 0.05) is 5.38 Å². The molecule has 0 spiro atoms. The summed E-state index contributed by atoms with van der Waals surface area (Å²) in [6.07, 6.45) is 3.74. The Kier molecular flexibility index (Phi) is 3.49. The summed E-state index contributed by atoms with van der Waals surface area (Å²) >= 11 is 1.28. The van der Waals surface area contributed by atoms with Gasteiger partial charge in [0.05, 0.1) is 11.8 Å². The molecule has 0 saturated heterocycles. The van der Waals surface area contributed by atoms with Crippen molar-refractivity contribution in [3.63, 3.8) is 0 Å². The van der Waals surface area contributed by atoms with Gasteiger partial charge in [0.25, 0.3) is 0 Å². The van der Waals surface area contributed by atoms with E-state index in [0.717, 1.165) is 0 Å². The lowest BCUT2D eigenvalue weighted by atomic mass is 10.3. The fourth-order valence-electron chi connectivity index (χ4n) is 1.18. The molecule has 0 bridgehead atoms. The molecule has 0 atom stereocenters. The second-order valence-corrected chi connectivity index (χ2v) is 3.96. The second-order valence-electron chi connectivity index (χ2n) is 3.11. The van der Waals surface area contributed by atoms with Crippen LogP contribution in [-0.2, 0) is 4.79 Å². The highest BCUT2D eigenvalue weighted by molar-refractivity contribution is 7.14. The third-order valence-electron chi connectivity index (χ3n) is 1.92. The molecule has 1 N–H and O–H groups in total. The molecule has 92 valence electrons. The third kappa shape index (κ3) is 2.80. The van der Waals surface area contributed by atoms with Gasteiger partial charge < -0.3 is 9.73 Å². The Bertz CT molecular complexity index is 602. The molecule has 2 heterocycles. The number of furan rings is 1. The molecule has 0 aliphatic carbocycles. The fourth-order valence-corrected chi connectivity index (χ4v) is 1.81. The highest BCUT2D eigenvalue weighted by Gasteiger charge is 2.09. The van der Waals surface area contributed by atoms with E-state index in [2.05, 4.69) is 10.3 Å². The number of aromatic nitrogens is 1. The molecule has 7 nitrogen and oxygen atoms in total. The van der Waals surface area contributed by atoms with Crippen molar-refractivity contribution in [2.45, 2.75) is 0 Å². The largest absolute Gasteiger partial charge is 0.433 e. The van der Waals surface area contributed by atoms with Gasteiger partial charge in [0.2, 0.25) is 6.41 Å². The van der Waals surface area contributed by atoms with Gasteiger partial charge in [0.1, 0.15) is 10.7 Å². The minimum atomic E-state index is -0.605. The maximum absolute atomic E-state index is 10.4. The molecule has 0 aliphatic heterocycles. The van der Waals surface area contributed by atoms with Crippen molar-refractivity contribution in [1.29, 1.82) is 0 Å². The van der Waals surface area contributed by atoms with Crippen molar-refractivity contribution in [2.75, 3.05) is 5.32 Å². The number of nitrogens with one attached hydrogen (secondary N) is 1. The molecule has 1 amide bonds. The maximum atomic E-state index is 10.4. The first-order valence-electron chi connectivity index (χ1n) is 4.77. The average molecular weight is 265 g/mol. The van der Waals surface area contributed by atoms with E-state index in [1.165, 1.54) is 23.5 Å². The SMILES string of the molecule is O=CNc1nc(C=Cc2ccc([N+](=O)[O-])o2)cs1. The van der Waals surface area contributed by atoms with Crippen LogP contribution in [0.25, 0.3) is 12.2 Å². The summed E-state index contributed by atoms with van der Waals surface area (Å²) in [7, 11) is 0. The van der Waals surface area contributed by atoms with Gasteiger partial charge in [0.15, 0.2) is 5.13 Å². The molecule has 2 aromatic heterocycles. The van der Waals surface area contributed by atoms with E-state index in [1.54, 1.807) is 17.5 Å². The molecular formula is C10H7N3O4S. The van der Waals surface area contributed by atoms with Crippen LogP contribution < -0.4 is 5.32 Å². The Balaban J connectivity index is 2.08. The predicted octanol–water partition coefficient (Wildman–Crippen LogP) is 2.38. The lowest BCUT2D eigenvalue weighted by molar-refractivity contribution is -0.402. The van der Waals surface area contributed by atoms with E-state index in [-0.39, 0.29) is 5.88 Å². The lowest BCUT2D eigenvalue weighted by Gasteiger charge is -1.86. The highest BCUT2D eigenvalue weighted by atomic mass is 32.1. The Morgan fingerprint density at radius 3 is 2.94 bits per heavy atom. The predicted molar refractivity (Wildman–Crippen MR) is 66.1 cm³/mol. The average Bonchev–Trinajstić information content (AvgIpc) is 2.95. The van der Waals surface area contributed by atoms with Crippen LogP contribution >= 0.6 is 11.3 Å². The quantitative estimate of drug-likeness (QED) is 0.508. The van der Waals surface area contributed by atoms with Gasteiger partial charge in [-0.05, 0) is 18.2 Å². The van der Waals surface area contributed by atoms with Gasteiger partial charge in [-0.3, -0.25) is 14.9 Å². The van der Waals surface area contributed by atoms with Crippen LogP contribution in [0.1, 0.15) is 11.5 Å². The first-order valence-corrected chi connectivity index (χ1v) is 5.65.